The topological polar surface area (TPSA) is 40.1 Å². The molecule has 0 radical (unpaired) electrons. The maximum Gasteiger partial charge on any atom is 0.0521 e. The Bertz CT molecular complexity index is 195. The number of hydrogen-bond donors (Lipinski definition) is 0. The number of aliphatic carboxylic acids is 1. The molecule has 0 atom stereocenters. The zero-order valence-electron chi connectivity index (χ0n) is 5.36. The van der Waals surface area contributed by atoms with Gasteiger partial charge in [0.25, 0.3) is 0 Å². The smallest absolute Gasteiger partial charge is 0.0521 e. The van der Waals surface area contributed by atoms with Crippen LogP contribution in [0.1, 0.15) is 0 Å². The Kier molecular flexibility index (Phi) is 2.05. The molecule has 0 unspecified atom stereocenters. The third-order valence-electron chi connectivity index (χ3n) is 1.24. The molecule has 2 heteroatoms. The highest BCUT2D eigenvalue weighted by Crippen LogP contribution is 2.03. The van der Waals surface area contributed by atoms with Crippen LogP contribution >= 0.6 is 0 Å². The largest absolute Gasteiger partial charge is 0.549 e. The minimum absolute atomic E-state index is 0.574. The predicted octanol–water partition coefficient (Wildman–Crippen LogP) is 0.0347. The summed E-state index contributed by atoms with van der Waals surface area (Å²) in [6, 6.07) is 0. The fraction of sp³-hybridized carbons (Fsp3) is 0.125. The van der Waals surface area contributed by atoms with E-state index in [2.05, 4.69) is 0 Å². The van der Waals surface area contributed by atoms with E-state index in [1.807, 2.05) is 0 Å². The van der Waals surface area contributed by atoms with Gasteiger partial charge in [-0.2, -0.15) is 0 Å². The number of rotatable bonds is 1. The lowest BCUT2D eigenvalue weighted by molar-refractivity contribution is -0.308. The van der Waals surface area contributed by atoms with Crippen molar-refractivity contribution in [2.75, 3.05) is 0 Å². The van der Waals surface area contributed by atoms with Gasteiger partial charge in [0, 0.05) is 5.92 Å². The molecule has 0 spiro atoms. The molecular formula is C8H7O2-. The first-order chi connectivity index (χ1) is 4.80. The van der Waals surface area contributed by atoms with Gasteiger partial charge >= 0.3 is 0 Å². The van der Waals surface area contributed by atoms with E-state index in [4.69, 9.17) is 0 Å². The second-order valence-electron chi connectivity index (χ2n) is 2.00. The number of hydrogen-bond acceptors (Lipinski definition) is 2. The average molecular weight is 135 g/mol. The highest BCUT2D eigenvalue weighted by atomic mass is 16.4. The van der Waals surface area contributed by atoms with E-state index in [0.717, 1.165) is 0 Å². The standard InChI is InChI=1S/C8H8O2/c9-8(10)7-5-3-1-2-4-6-7/h1-7H,(H,9,10)/p-1. The van der Waals surface area contributed by atoms with Crippen molar-refractivity contribution in [2.45, 2.75) is 0 Å². The summed E-state index contributed by atoms with van der Waals surface area (Å²) in [4.78, 5) is 10.3. The van der Waals surface area contributed by atoms with E-state index in [1.165, 1.54) is 0 Å². The van der Waals surface area contributed by atoms with Gasteiger partial charge in [-0.05, 0) is 0 Å². The summed E-state index contributed by atoms with van der Waals surface area (Å²) in [6.45, 7) is 0. The molecule has 2 nitrogen and oxygen atoms in total. The van der Waals surface area contributed by atoms with Crippen molar-refractivity contribution >= 4 is 5.97 Å². The Morgan fingerprint density at radius 2 is 1.60 bits per heavy atom. The fourth-order valence-electron chi connectivity index (χ4n) is 0.717. The lowest BCUT2D eigenvalue weighted by Gasteiger charge is -2.06. The van der Waals surface area contributed by atoms with Crippen molar-refractivity contribution in [2.24, 2.45) is 5.92 Å². The highest BCUT2D eigenvalue weighted by molar-refractivity contribution is 5.72. The first kappa shape index (κ1) is 6.81. The summed E-state index contributed by atoms with van der Waals surface area (Å²) in [5.74, 6) is -1.63. The Morgan fingerprint density at radius 3 is 2.00 bits per heavy atom. The van der Waals surface area contributed by atoms with Crippen LogP contribution in [0, 0.1) is 5.92 Å². The van der Waals surface area contributed by atoms with Crippen molar-refractivity contribution in [3.63, 3.8) is 0 Å². The Morgan fingerprint density at radius 1 is 1.10 bits per heavy atom. The van der Waals surface area contributed by atoms with Crippen LogP contribution < -0.4 is 5.11 Å². The molecule has 0 aromatic carbocycles. The van der Waals surface area contributed by atoms with E-state index in [9.17, 15) is 9.90 Å². The third-order valence-corrected chi connectivity index (χ3v) is 1.24. The van der Waals surface area contributed by atoms with Crippen molar-refractivity contribution < 1.29 is 9.90 Å². The van der Waals surface area contributed by atoms with Gasteiger partial charge in [-0.1, -0.05) is 36.5 Å². The van der Waals surface area contributed by atoms with Crippen LogP contribution in [-0.2, 0) is 4.79 Å². The quantitative estimate of drug-likeness (QED) is 0.509. The fourth-order valence-corrected chi connectivity index (χ4v) is 0.717. The number of carboxylic acid groups (broad SMARTS) is 1. The molecule has 0 aromatic heterocycles. The van der Waals surface area contributed by atoms with Crippen molar-refractivity contribution in [3.8, 4) is 0 Å². The minimum Gasteiger partial charge on any atom is -0.549 e. The molecule has 0 amide bonds. The molecule has 0 N–H and O–H groups in total. The molecule has 1 aliphatic rings. The van der Waals surface area contributed by atoms with E-state index in [1.54, 1.807) is 36.5 Å². The second kappa shape index (κ2) is 3.01. The SMILES string of the molecule is O=C([O-])C1C=CC=CC=C1. The first-order valence-electron chi connectivity index (χ1n) is 3.03. The molecule has 0 aliphatic heterocycles. The Hall–Kier alpha value is -1.31. The van der Waals surface area contributed by atoms with Crippen LogP contribution in [0.4, 0.5) is 0 Å². The lowest BCUT2D eigenvalue weighted by Crippen LogP contribution is -2.28. The zero-order chi connectivity index (χ0) is 7.40. The number of carbonyl (C=O) groups excluding carboxylic acids is 1. The van der Waals surface area contributed by atoms with Gasteiger partial charge in [0.2, 0.25) is 0 Å². The third kappa shape index (κ3) is 1.58. The molecule has 1 rings (SSSR count). The van der Waals surface area contributed by atoms with E-state index in [0.29, 0.717) is 0 Å². The zero-order valence-corrected chi connectivity index (χ0v) is 5.36. The van der Waals surface area contributed by atoms with Gasteiger partial charge in [-0.15, -0.1) is 0 Å². The molecule has 52 valence electrons. The number of allylic oxidation sites excluding steroid dienone is 4. The summed E-state index contributed by atoms with van der Waals surface area (Å²) in [5.41, 5.74) is 0. The van der Waals surface area contributed by atoms with Gasteiger partial charge in [0.05, 0.1) is 5.97 Å². The maximum absolute atomic E-state index is 10.3. The second-order valence-corrected chi connectivity index (χ2v) is 2.00. The highest BCUT2D eigenvalue weighted by Gasteiger charge is 1.99. The molecule has 0 fully saturated rings. The molecule has 0 aromatic rings. The molecule has 10 heavy (non-hydrogen) atoms. The summed E-state index contributed by atoms with van der Waals surface area (Å²) >= 11 is 0. The van der Waals surface area contributed by atoms with Crippen molar-refractivity contribution in [3.05, 3.63) is 36.5 Å². The Balaban J connectivity index is 2.72. The van der Waals surface area contributed by atoms with E-state index in [-0.39, 0.29) is 0 Å². The van der Waals surface area contributed by atoms with Crippen LogP contribution in [0.25, 0.3) is 0 Å². The van der Waals surface area contributed by atoms with Gasteiger partial charge in [-0.3, -0.25) is 0 Å². The molecule has 0 saturated carbocycles. The van der Waals surface area contributed by atoms with Gasteiger partial charge in [0.1, 0.15) is 0 Å². The van der Waals surface area contributed by atoms with E-state index < -0.39 is 11.9 Å². The molecule has 0 bridgehead atoms. The van der Waals surface area contributed by atoms with Crippen molar-refractivity contribution in [1.82, 2.24) is 0 Å². The van der Waals surface area contributed by atoms with Crippen LogP contribution in [0.2, 0.25) is 0 Å². The molecule has 1 aliphatic carbocycles. The summed E-state index contributed by atoms with van der Waals surface area (Å²) < 4.78 is 0. The van der Waals surface area contributed by atoms with Gasteiger partial charge in [0.15, 0.2) is 0 Å². The predicted molar refractivity (Wildman–Crippen MR) is 35.9 cm³/mol. The van der Waals surface area contributed by atoms with Crippen molar-refractivity contribution in [1.29, 1.82) is 0 Å². The number of carbonyl (C=O) groups is 1. The van der Waals surface area contributed by atoms with Crippen LogP contribution in [-0.4, -0.2) is 5.97 Å². The summed E-state index contributed by atoms with van der Waals surface area (Å²) in [7, 11) is 0. The summed E-state index contributed by atoms with van der Waals surface area (Å²) in [5, 5.41) is 10.3. The molecular weight excluding hydrogens is 128 g/mol. The minimum atomic E-state index is -1.06. The lowest BCUT2D eigenvalue weighted by atomic mass is 10.1. The van der Waals surface area contributed by atoms with E-state index >= 15 is 0 Å². The van der Waals surface area contributed by atoms with Gasteiger partial charge < -0.3 is 9.90 Å². The van der Waals surface area contributed by atoms with Crippen LogP contribution in [0.3, 0.4) is 0 Å². The molecule has 0 saturated heterocycles. The molecule has 0 heterocycles. The monoisotopic (exact) mass is 135 g/mol. The summed E-state index contributed by atoms with van der Waals surface area (Å²) in [6.07, 6.45) is 10.1. The number of carboxylic acids is 1. The van der Waals surface area contributed by atoms with Gasteiger partial charge in [-0.25, -0.2) is 0 Å². The average Bonchev–Trinajstić information content (AvgIpc) is 2.12. The van der Waals surface area contributed by atoms with Crippen LogP contribution in [0.15, 0.2) is 36.5 Å². The first-order valence-corrected chi connectivity index (χ1v) is 3.03. The maximum atomic E-state index is 10.3. The Labute approximate surface area is 59.2 Å². The van der Waals surface area contributed by atoms with Crippen LogP contribution in [0.5, 0.6) is 0 Å². The normalized spacial score (nSPS) is 17.2.